The molecule has 0 aliphatic carbocycles. The Hall–Kier alpha value is -3.66. The molecule has 0 spiro atoms. The topological polar surface area (TPSA) is 81.6 Å². The molecule has 4 heterocycles. The summed E-state index contributed by atoms with van der Waals surface area (Å²) in [5.41, 5.74) is 1.08. The predicted octanol–water partition coefficient (Wildman–Crippen LogP) is 6.95. The molecule has 2 atom stereocenters. The van der Waals surface area contributed by atoms with E-state index in [9.17, 15) is 4.79 Å². The Balaban J connectivity index is 1.47. The van der Waals surface area contributed by atoms with Crippen molar-refractivity contribution in [3.63, 3.8) is 0 Å². The van der Waals surface area contributed by atoms with Gasteiger partial charge in [0, 0.05) is 72.7 Å². The molecule has 0 N–H and O–H groups in total. The van der Waals surface area contributed by atoms with Crippen molar-refractivity contribution in [2.75, 3.05) is 52.4 Å². The molecule has 6 rings (SSSR count). The number of urea groups is 1. The lowest BCUT2D eigenvalue weighted by molar-refractivity contribution is -0.136. The van der Waals surface area contributed by atoms with Gasteiger partial charge in [-0.3, -0.25) is 24.6 Å². The minimum atomic E-state index is -1.02. The summed E-state index contributed by atoms with van der Waals surface area (Å²) in [7, 11) is 0. The number of rotatable bonds is 7. The number of carbonyl (C=O) groups excluding carboxylic acids is 2. The molecule has 3 aromatic rings. The molecule has 0 radical (unpaired) electrons. The van der Waals surface area contributed by atoms with E-state index < -0.39 is 11.1 Å². The lowest BCUT2D eigenvalue weighted by Gasteiger charge is -2.47. The van der Waals surface area contributed by atoms with Crippen LogP contribution >= 0.6 is 23.2 Å². The van der Waals surface area contributed by atoms with Gasteiger partial charge in [0.05, 0.1) is 18.7 Å². The van der Waals surface area contributed by atoms with Gasteiger partial charge in [-0.25, -0.2) is 4.79 Å². The van der Waals surface area contributed by atoms with E-state index in [2.05, 4.69) is 39.5 Å². The zero-order chi connectivity index (χ0) is 35.1. The number of ether oxygens (including phenoxy) is 1. The van der Waals surface area contributed by atoms with Crippen molar-refractivity contribution in [3.8, 4) is 5.75 Å². The van der Waals surface area contributed by atoms with E-state index in [1.54, 1.807) is 6.20 Å². The minimum Gasteiger partial charge on any atom is -0.493 e. The van der Waals surface area contributed by atoms with Crippen molar-refractivity contribution in [2.24, 2.45) is 4.99 Å². The third kappa shape index (κ3) is 6.53. The third-order valence-electron chi connectivity index (χ3n) is 10.3. The smallest absolute Gasteiger partial charge is 0.326 e. The number of aliphatic imine (C=N–C) groups is 1. The van der Waals surface area contributed by atoms with Gasteiger partial charge in [0.25, 0.3) is 0 Å². The van der Waals surface area contributed by atoms with Crippen LogP contribution in [0.15, 0.2) is 65.8 Å². The van der Waals surface area contributed by atoms with Crippen molar-refractivity contribution >= 4 is 41.0 Å². The zero-order valence-electron chi connectivity index (χ0n) is 29.3. The number of pyridine rings is 1. The van der Waals surface area contributed by atoms with E-state index in [0.717, 1.165) is 36.3 Å². The van der Waals surface area contributed by atoms with Crippen LogP contribution in [0.3, 0.4) is 0 Å². The molecule has 2 fully saturated rings. The number of hydrogen-bond acceptors (Lipinski definition) is 6. The van der Waals surface area contributed by atoms with E-state index >= 15 is 4.79 Å². The fourth-order valence-electron chi connectivity index (χ4n) is 6.95. The van der Waals surface area contributed by atoms with Gasteiger partial charge in [0.15, 0.2) is 0 Å². The van der Waals surface area contributed by atoms with Crippen LogP contribution in [0.4, 0.5) is 4.79 Å². The van der Waals surface area contributed by atoms with Crippen LogP contribution in [0.5, 0.6) is 5.75 Å². The highest BCUT2D eigenvalue weighted by atomic mass is 35.5. The van der Waals surface area contributed by atoms with Crippen LogP contribution in [-0.4, -0.2) is 94.8 Å². The molecular formula is C38H46Cl2N6O3. The number of likely N-dealkylation sites (tertiary alicyclic amines) is 1. The predicted molar refractivity (Wildman–Crippen MR) is 195 cm³/mol. The van der Waals surface area contributed by atoms with Crippen LogP contribution in [0.2, 0.25) is 10.0 Å². The van der Waals surface area contributed by atoms with E-state index in [1.807, 2.05) is 76.2 Å². The van der Waals surface area contributed by atoms with Gasteiger partial charge in [-0.15, -0.1) is 0 Å². The Morgan fingerprint density at radius 3 is 1.98 bits per heavy atom. The molecule has 0 saturated carbocycles. The summed E-state index contributed by atoms with van der Waals surface area (Å²) < 4.78 is 6.27. The van der Waals surface area contributed by atoms with Gasteiger partial charge < -0.3 is 14.5 Å². The molecule has 1 aromatic heterocycles. The summed E-state index contributed by atoms with van der Waals surface area (Å²) in [5, 5.41) is 1.21. The highest BCUT2D eigenvalue weighted by Crippen LogP contribution is 2.54. The Bertz CT molecular complexity index is 1730. The molecule has 9 nitrogen and oxygen atoms in total. The second kappa shape index (κ2) is 13.6. The Morgan fingerprint density at radius 1 is 0.857 bits per heavy atom. The first-order chi connectivity index (χ1) is 23.3. The van der Waals surface area contributed by atoms with Gasteiger partial charge in [-0.1, -0.05) is 68.2 Å². The van der Waals surface area contributed by atoms with Gasteiger partial charge in [-0.2, -0.15) is 0 Å². The fraction of sp³-hybridized carbons (Fsp3) is 0.474. The Kier molecular flexibility index (Phi) is 9.74. The molecule has 3 amide bonds. The van der Waals surface area contributed by atoms with Crippen LogP contribution in [0.25, 0.3) is 0 Å². The molecular weight excluding hydrogens is 659 g/mol. The van der Waals surface area contributed by atoms with Crippen LogP contribution < -0.4 is 4.74 Å². The van der Waals surface area contributed by atoms with E-state index in [-0.39, 0.29) is 17.4 Å². The van der Waals surface area contributed by atoms with Crippen LogP contribution in [0.1, 0.15) is 70.3 Å². The average Bonchev–Trinajstić information content (AvgIpc) is 3.28. The van der Waals surface area contributed by atoms with Crippen LogP contribution in [0, 0.1) is 0 Å². The maximum absolute atomic E-state index is 15.2. The first kappa shape index (κ1) is 35.2. The molecule has 0 unspecified atom stereocenters. The molecule has 11 heteroatoms. The van der Waals surface area contributed by atoms with Crippen molar-refractivity contribution in [2.45, 2.75) is 64.5 Å². The largest absolute Gasteiger partial charge is 0.493 e. The number of aromatic nitrogens is 1. The maximum atomic E-state index is 15.2. The maximum Gasteiger partial charge on any atom is 0.326 e. The molecule has 49 heavy (non-hydrogen) atoms. The zero-order valence-corrected chi connectivity index (χ0v) is 30.8. The van der Waals surface area contributed by atoms with Gasteiger partial charge in [0.2, 0.25) is 5.91 Å². The van der Waals surface area contributed by atoms with Crippen LogP contribution in [-0.2, 0) is 21.3 Å². The number of carbonyl (C=O) groups is 2. The minimum absolute atomic E-state index is 0.156. The second-order valence-corrected chi connectivity index (χ2v) is 15.3. The molecule has 2 aromatic carbocycles. The van der Waals surface area contributed by atoms with Gasteiger partial charge in [0.1, 0.15) is 22.7 Å². The monoisotopic (exact) mass is 704 g/mol. The molecule has 260 valence electrons. The quantitative estimate of drug-likeness (QED) is 0.266. The first-order valence-electron chi connectivity index (χ1n) is 17.1. The SMILES string of the molecule is CCOc1cc(C(C)(C)C)ncc1C1=N[C@@](C)(c2ccc(Cl)cc2)[C@@](C)(c2ccc(Cl)cc2)N1C(=O)N1CCN(CC(=O)N2CCC2)CC1. The van der Waals surface area contributed by atoms with Crippen molar-refractivity contribution in [1.29, 1.82) is 0 Å². The van der Waals surface area contributed by atoms with Crippen molar-refractivity contribution < 1.29 is 14.3 Å². The molecule has 0 bridgehead atoms. The number of benzene rings is 2. The molecule has 3 aliphatic rings. The first-order valence-corrected chi connectivity index (χ1v) is 17.9. The normalized spacial score (nSPS) is 22.9. The average molecular weight is 706 g/mol. The van der Waals surface area contributed by atoms with Gasteiger partial charge in [-0.05, 0) is 62.6 Å². The standard InChI is InChI=1S/C38H46Cl2N6O3/c1-7-49-31-23-32(36(2,3)4)41-24-30(31)34-42-37(5,26-9-13-28(39)14-10-26)38(6,27-11-15-29(40)16-12-27)46(34)35(48)45-21-19-43(20-22-45)25-33(47)44-17-8-18-44/h9-16,23-24H,7-8,17-22,25H2,1-6H3/t37-,38+/m0/s1. The number of nitrogens with zero attached hydrogens (tertiary/aromatic N) is 6. The summed E-state index contributed by atoms with van der Waals surface area (Å²) in [6.45, 7) is 17.0. The van der Waals surface area contributed by atoms with E-state index in [0.29, 0.717) is 66.5 Å². The van der Waals surface area contributed by atoms with Gasteiger partial charge >= 0.3 is 6.03 Å². The lowest BCUT2D eigenvalue weighted by Crippen LogP contribution is -2.61. The van der Waals surface area contributed by atoms with E-state index in [1.165, 1.54) is 0 Å². The Labute approximate surface area is 299 Å². The summed E-state index contributed by atoms with van der Waals surface area (Å²) in [5.74, 6) is 1.25. The number of amidine groups is 1. The molecule has 3 aliphatic heterocycles. The molecule has 2 saturated heterocycles. The van der Waals surface area contributed by atoms with Crippen molar-refractivity contribution in [3.05, 3.63) is 93.2 Å². The number of piperazine rings is 1. The Morgan fingerprint density at radius 2 is 1.45 bits per heavy atom. The number of halogens is 2. The van der Waals surface area contributed by atoms with Crippen molar-refractivity contribution in [1.82, 2.24) is 24.6 Å². The summed E-state index contributed by atoms with van der Waals surface area (Å²) >= 11 is 12.8. The fourth-order valence-corrected chi connectivity index (χ4v) is 7.20. The highest BCUT2D eigenvalue weighted by Gasteiger charge is 2.60. The third-order valence-corrected chi connectivity index (χ3v) is 10.8. The summed E-state index contributed by atoms with van der Waals surface area (Å²) in [6.07, 6.45) is 2.86. The summed E-state index contributed by atoms with van der Waals surface area (Å²) in [6, 6.07) is 17.1. The second-order valence-electron chi connectivity index (χ2n) is 14.5. The number of amides is 3. The number of hydrogen-bond donors (Lipinski definition) is 0. The van der Waals surface area contributed by atoms with E-state index in [4.69, 9.17) is 37.9 Å². The summed E-state index contributed by atoms with van der Waals surface area (Å²) in [4.78, 5) is 46.0. The lowest BCUT2D eigenvalue weighted by atomic mass is 9.71. The highest BCUT2D eigenvalue weighted by molar-refractivity contribution is 6.30.